The lowest BCUT2D eigenvalue weighted by atomic mass is 10.1. The second kappa shape index (κ2) is 6.60. The van der Waals surface area contributed by atoms with E-state index >= 15 is 0 Å². The molecular weight excluding hydrogens is 260 g/mol. The monoisotopic (exact) mass is 276 g/mol. The number of nitrogens with one attached hydrogen (secondary N) is 1. The SMILES string of the molecule is C=CCNC(=O)C1COc2ccc(CC=NO)cc2O1. The van der Waals surface area contributed by atoms with Gasteiger partial charge in [-0.1, -0.05) is 12.1 Å². The summed E-state index contributed by atoms with van der Waals surface area (Å²) in [5, 5.41) is 14.0. The lowest BCUT2D eigenvalue weighted by molar-refractivity contribution is -0.130. The van der Waals surface area contributed by atoms with Crippen molar-refractivity contribution < 1.29 is 19.5 Å². The molecule has 1 atom stereocenters. The van der Waals surface area contributed by atoms with Crippen molar-refractivity contribution in [3.05, 3.63) is 36.4 Å². The van der Waals surface area contributed by atoms with Crippen molar-refractivity contribution in [1.82, 2.24) is 5.32 Å². The van der Waals surface area contributed by atoms with Crippen LogP contribution in [-0.2, 0) is 11.2 Å². The zero-order valence-electron chi connectivity index (χ0n) is 10.9. The van der Waals surface area contributed by atoms with E-state index in [1.165, 1.54) is 6.21 Å². The zero-order valence-corrected chi connectivity index (χ0v) is 10.9. The molecule has 1 unspecified atom stereocenters. The molecule has 1 heterocycles. The Morgan fingerprint density at radius 2 is 2.40 bits per heavy atom. The number of oxime groups is 1. The number of hydrogen-bond donors (Lipinski definition) is 2. The van der Waals surface area contributed by atoms with Crippen LogP contribution in [0.3, 0.4) is 0 Å². The summed E-state index contributed by atoms with van der Waals surface area (Å²) in [7, 11) is 0. The van der Waals surface area contributed by atoms with Gasteiger partial charge in [-0.15, -0.1) is 11.7 Å². The summed E-state index contributed by atoms with van der Waals surface area (Å²) in [6, 6.07) is 5.39. The van der Waals surface area contributed by atoms with Gasteiger partial charge in [-0.05, 0) is 17.7 Å². The smallest absolute Gasteiger partial charge is 0.264 e. The molecule has 1 aliphatic rings. The van der Waals surface area contributed by atoms with Crippen LogP contribution in [0, 0.1) is 0 Å². The lowest BCUT2D eigenvalue weighted by Crippen LogP contribution is -2.44. The van der Waals surface area contributed by atoms with E-state index in [9.17, 15) is 4.79 Å². The Morgan fingerprint density at radius 1 is 1.55 bits per heavy atom. The van der Waals surface area contributed by atoms with Gasteiger partial charge in [-0.2, -0.15) is 0 Å². The number of carbonyl (C=O) groups excluding carboxylic acids is 1. The summed E-state index contributed by atoms with van der Waals surface area (Å²) in [5.41, 5.74) is 0.900. The number of carbonyl (C=O) groups is 1. The minimum absolute atomic E-state index is 0.174. The highest BCUT2D eigenvalue weighted by molar-refractivity contribution is 5.81. The van der Waals surface area contributed by atoms with Gasteiger partial charge >= 0.3 is 0 Å². The first-order valence-electron chi connectivity index (χ1n) is 6.21. The highest BCUT2D eigenvalue weighted by Crippen LogP contribution is 2.32. The van der Waals surface area contributed by atoms with E-state index in [0.29, 0.717) is 24.5 Å². The zero-order chi connectivity index (χ0) is 14.4. The highest BCUT2D eigenvalue weighted by atomic mass is 16.6. The molecule has 2 rings (SSSR count). The Bertz CT molecular complexity index is 528. The fourth-order valence-corrected chi connectivity index (χ4v) is 1.81. The third-order valence-corrected chi connectivity index (χ3v) is 2.79. The Labute approximate surface area is 116 Å². The number of fused-ring (bicyclic) bond motifs is 1. The Morgan fingerprint density at radius 3 is 3.15 bits per heavy atom. The van der Waals surface area contributed by atoms with E-state index in [1.54, 1.807) is 18.2 Å². The summed E-state index contributed by atoms with van der Waals surface area (Å²) in [4.78, 5) is 11.8. The van der Waals surface area contributed by atoms with Gasteiger partial charge in [0.2, 0.25) is 6.10 Å². The molecule has 1 aromatic rings. The first-order valence-corrected chi connectivity index (χ1v) is 6.21. The minimum Gasteiger partial charge on any atom is -0.485 e. The summed E-state index contributed by atoms with van der Waals surface area (Å²) in [6.45, 7) is 4.10. The number of nitrogens with zero attached hydrogens (tertiary/aromatic N) is 1. The summed E-state index contributed by atoms with van der Waals surface area (Å²) in [5.74, 6) is 0.874. The average Bonchev–Trinajstić information content (AvgIpc) is 2.49. The summed E-state index contributed by atoms with van der Waals surface area (Å²) in [6.07, 6.45) is 2.77. The predicted octanol–water partition coefficient (Wildman–Crippen LogP) is 1.13. The molecule has 0 radical (unpaired) electrons. The standard InChI is InChI=1S/C14H16N2O4/c1-2-6-15-14(17)13-9-19-11-4-3-10(5-7-16-18)8-12(11)20-13/h2-4,7-8,13,18H,1,5-6,9H2,(H,15,17). The van der Waals surface area contributed by atoms with Crippen LogP contribution < -0.4 is 14.8 Å². The molecule has 0 spiro atoms. The fourth-order valence-electron chi connectivity index (χ4n) is 1.81. The molecule has 0 bridgehead atoms. The molecule has 0 aliphatic carbocycles. The molecule has 6 nitrogen and oxygen atoms in total. The van der Waals surface area contributed by atoms with E-state index in [-0.39, 0.29) is 12.5 Å². The normalized spacial score (nSPS) is 16.9. The molecule has 2 N–H and O–H groups in total. The Hall–Kier alpha value is -2.50. The van der Waals surface area contributed by atoms with Crippen LogP contribution in [0.1, 0.15) is 5.56 Å². The fraction of sp³-hybridized carbons (Fsp3) is 0.286. The molecule has 0 saturated carbocycles. The van der Waals surface area contributed by atoms with Crippen LogP contribution in [0.15, 0.2) is 36.0 Å². The number of rotatable bonds is 5. The molecule has 1 aromatic carbocycles. The Kier molecular flexibility index (Phi) is 4.60. The van der Waals surface area contributed by atoms with Crippen LogP contribution in [0.4, 0.5) is 0 Å². The van der Waals surface area contributed by atoms with Crippen molar-refractivity contribution in [2.24, 2.45) is 5.16 Å². The maximum atomic E-state index is 11.8. The molecule has 1 amide bonds. The molecule has 20 heavy (non-hydrogen) atoms. The van der Waals surface area contributed by atoms with Gasteiger partial charge in [0.15, 0.2) is 11.5 Å². The third-order valence-electron chi connectivity index (χ3n) is 2.79. The number of benzene rings is 1. The number of amides is 1. The number of ether oxygens (including phenoxy) is 2. The quantitative estimate of drug-likeness (QED) is 0.366. The second-order valence-electron chi connectivity index (χ2n) is 4.23. The molecule has 6 heteroatoms. The molecule has 0 saturated heterocycles. The Balaban J connectivity index is 2.07. The molecule has 1 aliphatic heterocycles. The van der Waals surface area contributed by atoms with E-state index in [4.69, 9.17) is 14.7 Å². The molecule has 0 aromatic heterocycles. The van der Waals surface area contributed by atoms with Crippen LogP contribution in [0.2, 0.25) is 0 Å². The lowest BCUT2D eigenvalue weighted by Gasteiger charge is -2.26. The van der Waals surface area contributed by atoms with Crippen LogP contribution in [-0.4, -0.2) is 36.6 Å². The van der Waals surface area contributed by atoms with Gasteiger partial charge in [0.05, 0.1) is 0 Å². The molecular formula is C14H16N2O4. The predicted molar refractivity (Wildman–Crippen MR) is 73.5 cm³/mol. The maximum absolute atomic E-state index is 11.8. The topological polar surface area (TPSA) is 80.2 Å². The largest absolute Gasteiger partial charge is 0.485 e. The molecule has 0 fully saturated rings. The first kappa shape index (κ1) is 13.9. The van der Waals surface area contributed by atoms with Gasteiger partial charge < -0.3 is 20.0 Å². The number of hydrogen-bond acceptors (Lipinski definition) is 5. The van der Waals surface area contributed by atoms with Crippen molar-refractivity contribution in [3.8, 4) is 11.5 Å². The summed E-state index contributed by atoms with van der Waals surface area (Å²) >= 11 is 0. The van der Waals surface area contributed by atoms with Gasteiger partial charge in [0.1, 0.15) is 6.61 Å². The van der Waals surface area contributed by atoms with Crippen LogP contribution >= 0.6 is 0 Å². The minimum atomic E-state index is -0.677. The van der Waals surface area contributed by atoms with Crippen molar-refractivity contribution >= 4 is 12.1 Å². The van der Waals surface area contributed by atoms with Crippen molar-refractivity contribution in [2.75, 3.05) is 13.2 Å². The van der Waals surface area contributed by atoms with Crippen LogP contribution in [0.5, 0.6) is 11.5 Å². The highest BCUT2D eigenvalue weighted by Gasteiger charge is 2.27. The maximum Gasteiger partial charge on any atom is 0.264 e. The first-order chi connectivity index (χ1) is 9.74. The van der Waals surface area contributed by atoms with Gasteiger partial charge in [0, 0.05) is 19.2 Å². The van der Waals surface area contributed by atoms with Gasteiger partial charge in [0.25, 0.3) is 5.91 Å². The van der Waals surface area contributed by atoms with Crippen LogP contribution in [0.25, 0.3) is 0 Å². The van der Waals surface area contributed by atoms with E-state index in [1.807, 2.05) is 6.07 Å². The van der Waals surface area contributed by atoms with E-state index in [0.717, 1.165) is 5.56 Å². The van der Waals surface area contributed by atoms with Gasteiger partial charge in [-0.3, -0.25) is 4.79 Å². The van der Waals surface area contributed by atoms with Gasteiger partial charge in [-0.25, -0.2) is 0 Å². The third kappa shape index (κ3) is 3.28. The second-order valence-corrected chi connectivity index (χ2v) is 4.23. The average molecular weight is 276 g/mol. The van der Waals surface area contributed by atoms with E-state index in [2.05, 4.69) is 17.1 Å². The summed E-state index contributed by atoms with van der Waals surface area (Å²) < 4.78 is 11.1. The van der Waals surface area contributed by atoms with Crippen molar-refractivity contribution in [2.45, 2.75) is 12.5 Å². The van der Waals surface area contributed by atoms with Crippen molar-refractivity contribution in [1.29, 1.82) is 0 Å². The molecule has 106 valence electrons. The van der Waals surface area contributed by atoms with E-state index < -0.39 is 6.10 Å². The van der Waals surface area contributed by atoms with Crippen molar-refractivity contribution in [3.63, 3.8) is 0 Å².